The first-order valence-corrected chi connectivity index (χ1v) is 9.80. The van der Waals surface area contributed by atoms with Crippen LogP contribution in [0.1, 0.15) is 48.6 Å². The summed E-state index contributed by atoms with van der Waals surface area (Å²) in [5, 5.41) is 6.56. The lowest BCUT2D eigenvalue weighted by Gasteiger charge is -2.18. The average Bonchev–Trinajstić information content (AvgIpc) is 3.32. The van der Waals surface area contributed by atoms with Gasteiger partial charge in [0.15, 0.2) is 5.96 Å². The molecule has 1 fully saturated rings. The minimum Gasteiger partial charge on any atom is -0.497 e. The highest BCUT2D eigenvalue weighted by Gasteiger charge is 2.18. The predicted octanol–water partition coefficient (Wildman–Crippen LogP) is 3.49. The summed E-state index contributed by atoms with van der Waals surface area (Å²) >= 11 is 0. The zero-order chi connectivity index (χ0) is 19.9. The standard InChI is InChI=1S/C21H30N4O3/c1-14-15(2)27-20(25-14)13-24-21(22-3)23-12-16-9-10-18(26-4)11-19(16)28-17-7-5-6-8-17/h9-11,17H,5-8,12-13H2,1-4H3,(H2,22,23,24). The molecule has 1 saturated carbocycles. The lowest BCUT2D eigenvalue weighted by atomic mass is 10.2. The lowest BCUT2D eigenvalue weighted by Crippen LogP contribution is -2.36. The largest absolute Gasteiger partial charge is 0.497 e. The number of benzene rings is 1. The summed E-state index contributed by atoms with van der Waals surface area (Å²) in [6.07, 6.45) is 4.99. The molecule has 0 amide bonds. The van der Waals surface area contributed by atoms with E-state index >= 15 is 0 Å². The first-order chi connectivity index (χ1) is 13.6. The van der Waals surface area contributed by atoms with Crippen LogP contribution in [0.4, 0.5) is 0 Å². The molecule has 2 N–H and O–H groups in total. The molecule has 7 heteroatoms. The van der Waals surface area contributed by atoms with Crippen LogP contribution in [0.2, 0.25) is 0 Å². The summed E-state index contributed by atoms with van der Waals surface area (Å²) in [5.74, 6) is 3.83. The van der Waals surface area contributed by atoms with Gasteiger partial charge in [0.1, 0.15) is 17.3 Å². The van der Waals surface area contributed by atoms with Gasteiger partial charge in [-0.3, -0.25) is 4.99 Å². The zero-order valence-corrected chi connectivity index (χ0v) is 17.2. The number of methoxy groups -OCH3 is 1. The molecule has 0 radical (unpaired) electrons. The van der Waals surface area contributed by atoms with Crippen LogP contribution in [-0.2, 0) is 13.1 Å². The number of aliphatic imine (C=N–C) groups is 1. The molecule has 152 valence electrons. The maximum atomic E-state index is 6.25. The van der Waals surface area contributed by atoms with Crippen LogP contribution in [-0.4, -0.2) is 31.2 Å². The van der Waals surface area contributed by atoms with Gasteiger partial charge in [-0.2, -0.15) is 0 Å². The maximum absolute atomic E-state index is 6.25. The number of rotatable bonds is 7. The van der Waals surface area contributed by atoms with Gasteiger partial charge in [-0.25, -0.2) is 4.98 Å². The third-order valence-electron chi connectivity index (χ3n) is 5.02. The summed E-state index contributed by atoms with van der Waals surface area (Å²) in [7, 11) is 3.41. The second-order valence-corrected chi connectivity index (χ2v) is 7.03. The quantitative estimate of drug-likeness (QED) is 0.560. The van der Waals surface area contributed by atoms with Gasteiger partial charge in [0.2, 0.25) is 5.89 Å². The van der Waals surface area contributed by atoms with Crippen LogP contribution in [0.15, 0.2) is 27.6 Å². The Morgan fingerprint density at radius 2 is 1.96 bits per heavy atom. The molecule has 1 aromatic heterocycles. The number of ether oxygens (including phenoxy) is 2. The Labute approximate surface area is 166 Å². The van der Waals surface area contributed by atoms with Crippen molar-refractivity contribution in [2.24, 2.45) is 4.99 Å². The Hall–Kier alpha value is -2.70. The van der Waals surface area contributed by atoms with Crippen molar-refractivity contribution in [3.05, 3.63) is 41.1 Å². The van der Waals surface area contributed by atoms with E-state index in [4.69, 9.17) is 13.9 Å². The summed E-state index contributed by atoms with van der Waals surface area (Å²) in [4.78, 5) is 8.65. The fourth-order valence-electron chi connectivity index (χ4n) is 3.28. The molecule has 0 unspecified atom stereocenters. The van der Waals surface area contributed by atoms with Gasteiger partial charge in [0.25, 0.3) is 0 Å². The van der Waals surface area contributed by atoms with Gasteiger partial charge in [-0.15, -0.1) is 0 Å². The molecule has 7 nitrogen and oxygen atoms in total. The van der Waals surface area contributed by atoms with Gasteiger partial charge in [0.05, 0.1) is 25.5 Å². The molecule has 3 rings (SSSR count). The van der Waals surface area contributed by atoms with Crippen LogP contribution >= 0.6 is 0 Å². The summed E-state index contributed by atoms with van der Waals surface area (Å²) in [6, 6.07) is 5.95. The van der Waals surface area contributed by atoms with Crippen molar-refractivity contribution in [1.82, 2.24) is 15.6 Å². The number of aryl methyl sites for hydroxylation is 2. The Bertz CT molecular complexity index is 790. The van der Waals surface area contributed by atoms with Crippen LogP contribution in [0.25, 0.3) is 0 Å². The first kappa shape index (κ1) is 20.0. The van der Waals surface area contributed by atoms with Gasteiger partial charge in [-0.05, 0) is 51.7 Å². The van der Waals surface area contributed by atoms with E-state index in [0.717, 1.165) is 41.4 Å². The molecule has 1 aromatic carbocycles. The van der Waals surface area contributed by atoms with E-state index in [1.807, 2.05) is 32.0 Å². The van der Waals surface area contributed by atoms with Crippen molar-refractivity contribution < 1.29 is 13.9 Å². The smallest absolute Gasteiger partial charge is 0.214 e. The van der Waals surface area contributed by atoms with E-state index in [-0.39, 0.29) is 0 Å². The normalized spacial score (nSPS) is 14.9. The molecule has 1 aliphatic carbocycles. The molecule has 0 bridgehead atoms. The lowest BCUT2D eigenvalue weighted by molar-refractivity contribution is 0.207. The summed E-state index contributed by atoms with van der Waals surface area (Å²) < 4.78 is 17.2. The van der Waals surface area contributed by atoms with Crippen molar-refractivity contribution in [3.8, 4) is 11.5 Å². The number of nitrogens with one attached hydrogen (secondary N) is 2. The molecule has 28 heavy (non-hydrogen) atoms. The number of oxazole rings is 1. The van der Waals surface area contributed by atoms with E-state index in [2.05, 4.69) is 20.6 Å². The SMILES string of the molecule is CN=C(NCc1nc(C)c(C)o1)NCc1ccc(OC)cc1OC1CCCC1. The van der Waals surface area contributed by atoms with Gasteiger partial charge < -0.3 is 24.5 Å². The fraction of sp³-hybridized carbons (Fsp3) is 0.524. The second-order valence-electron chi connectivity index (χ2n) is 7.03. The van der Waals surface area contributed by atoms with Crippen LogP contribution < -0.4 is 20.1 Å². The molecule has 0 spiro atoms. The molecule has 1 heterocycles. The summed E-state index contributed by atoms with van der Waals surface area (Å²) in [6.45, 7) is 4.91. The van der Waals surface area contributed by atoms with Crippen molar-refractivity contribution in [2.45, 2.75) is 58.7 Å². The monoisotopic (exact) mass is 386 g/mol. The number of aromatic nitrogens is 1. The van der Waals surface area contributed by atoms with Crippen molar-refractivity contribution >= 4 is 5.96 Å². The Morgan fingerprint density at radius 3 is 2.61 bits per heavy atom. The zero-order valence-electron chi connectivity index (χ0n) is 17.2. The molecular formula is C21H30N4O3. The van der Waals surface area contributed by atoms with E-state index in [1.54, 1.807) is 14.2 Å². The van der Waals surface area contributed by atoms with E-state index in [1.165, 1.54) is 12.8 Å². The van der Waals surface area contributed by atoms with Crippen molar-refractivity contribution in [2.75, 3.05) is 14.2 Å². The number of hydrogen-bond donors (Lipinski definition) is 2. The van der Waals surface area contributed by atoms with Crippen LogP contribution in [0.5, 0.6) is 11.5 Å². The summed E-state index contributed by atoms with van der Waals surface area (Å²) in [5.41, 5.74) is 1.98. The molecule has 0 atom stereocenters. The molecule has 2 aromatic rings. The molecule has 0 saturated heterocycles. The van der Waals surface area contributed by atoms with Gasteiger partial charge in [-0.1, -0.05) is 0 Å². The number of nitrogens with zero attached hydrogens (tertiary/aromatic N) is 2. The van der Waals surface area contributed by atoms with Gasteiger partial charge >= 0.3 is 0 Å². The maximum Gasteiger partial charge on any atom is 0.214 e. The highest BCUT2D eigenvalue weighted by molar-refractivity contribution is 5.79. The average molecular weight is 386 g/mol. The van der Waals surface area contributed by atoms with Crippen molar-refractivity contribution in [1.29, 1.82) is 0 Å². The molecule has 0 aliphatic heterocycles. The van der Waals surface area contributed by atoms with Crippen molar-refractivity contribution in [3.63, 3.8) is 0 Å². The van der Waals surface area contributed by atoms with E-state index in [0.29, 0.717) is 31.0 Å². The topological polar surface area (TPSA) is 80.9 Å². The third-order valence-corrected chi connectivity index (χ3v) is 5.02. The minimum absolute atomic E-state index is 0.291. The van der Waals surface area contributed by atoms with E-state index in [9.17, 15) is 0 Å². The fourth-order valence-corrected chi connectivity index (χ4v) is 3.28. The van der Waals surface area contributed by atoms with E-state index < -0.39 is 0 Å². The number of guanidine groups is 1. The van der Waals surface area contributed by atoms with Gasteiger partial charge in [0, 0.05) is 25.2 Å². The van der Waals surface area contributed by atoms with Crippen LogP contribution in [0.3, 0.4) is 0 Å². The number of hydrogen-bond acceptors (Lipinski definition) is 5. The van der Waals surface area contributed by atoms with Crippen LogP contribution in [0, 0.1) is 13.8 Å². The predicted molar refractivity (Wildman–Crippen MR) is 109 cm³/mol. The molecular weight excluding hydrogens is 356 g/mol. The first-order valence-electron chi connectivity index (χ1n) is 9.80. The Morgan fingerprint density at radius 1 is 1.21 bits per heavy atom. The second kappa shape index (κ2) is 9.48. The molecule has 1 aliphatic rings. The highest BCUT2D eigenvalue weighted by atomic mass is 16.5. The third kappa shape index (κ3) is 5.18. The minimum atomic E-state index is 0.291. The Kier molecular flexibility index (Phi) is 6.79. The Balaban J connectivity index is 1.61. The highest BCUT2D eigenvalue weighted by Crippen LogP contribution is 2.30.